The lowest BCUT2D eigenvalue weighted by atomic mass is 10.1. The Morgan fingerprint density at radius 2 is 1.31 bits per heavy atom. The molecule has 2 aromatic carbocycles. The molecule has 0 aliphatic heterocycles. The summed E-state index contributed by atoms with van der Waals surface area (Å²) in [5.41, 5.74) is 1.42. The molecule has 0 spiro atoms. The number of ether oxygens (including phenoxy) is 2. The first-order chi connectivity index (χ1) is 13.9. The van der Waals surface area contributed by atoms with E-state index in [1.165, 1.54) is 12.1 Å². The van der Waals surface area contributed by atoms with Crippen molar-refractivity contribution in [1.82, 2.24) is 9.97 Å². The van der Waals surface area contributed by atoms with Crippen molar-refractivity contribution in [2.75, 3.05) is 0 Å². The summed E-state index contributed by atoms with van der Waals surface area (Å²) >= 11 is 0. The van der Waals surface area contributed by atoms with Crippen LogP contribution >= 0.6 is 0 Å². The van der Waals surface area contributed by atoms with E-state index in [2.05, 4.69) is 9.97 Å². The predicted octanol–water partition coefficient (Wildman–Crippen LogP) is 4.21. The number of aromatic nitrogens is 2. The van der Waals surface area contributed by atoms with Gasteiger partial charge in [-0.3, -0.25) is 19.7 Å². The maximum absolute atomic E-state index is 11.7. The lowest BCUT2D eigenvalue weighted by Crippen LogP contribution is -2.02. The Kier molecular flexibility index (Phi) is 5.59. The van der Waals surface area contributed by atoms with Gasteiger partial charge in [0.1, 0.15) is 30.4 Å². The van der Waals surface area contributed by atoms with E-state index in [1.54, 1.807) is 38.1 Å². The van der Waals surface area contributed by atoms with Gasteiger partial charge in [-0.2, -0.15) is 9.97 Å². The molecule has 0 aliphatic rings. The third kappa shape index (κ3) is 4.24. The van der Waals surface area contributed by atoms with Crippen LogP contribution < -0.4 is 9.47 Å². The van der Waals surface area contributed by atoms with Gasteiger partial charge >= 0.3 is 17.4 Å². The maximum Gasteiger partial charge on any atom is 0.393 e. The zero-order valence-electron chi connectivity index (χ0n) is 15.5. The van der Waals surface area contributed by atoms with E-state index in [0.717, 1.165) is 6.33 Å². The largest absolute Gasteiger partial charge is 0.433 e. The Morgan fingerprint density at radius 1 is 0.862 bits per heavy atom. The van der Waals surface area contributed by atoms with Crippen LogP contribution in [0.15, 0.2) is 42.7 Å². The first-order valence-corrected chi connectivity index (χ1v) is 8.39. The minimum absolute atomic E-state index is 0.237. The van der Waals surface area contributed by atoms with Crippen LogP contribution in [0.3, 0.4) is 0 Å². The summed E-state index contributed by atoms with van der Waals surface area (Å²) in [6.07, 6.45) is 2.34. The van der Waals surface area contributed by atoms with E-state index in [-0.39, 0.29) is 23.3 Å². The number of rotatable bonds is 7. The first kappa shape index (κ1) is 19.6. The Morgan fingerprint density at radius 3 is 1.69 bits per heavy atom. The van der Waals surface area contributed by atoms with Crippen molar-refractivity contribution in [2.24, 2.45) is 0 Å². The van der Waals surface area contributed by atoms with Gasteiger partial charge in [0.25, 0.3) is 0 Å². The summed E-state index contributed by atoms with van der Waals surface area (Å²) in [7, 11) is 0. The highest BCUT2D eigenvalue weighted by atomic mass is 16.6. The zero-order chi connectivity index (χ0) is 21.0. The van der Waals surface area contributed by atoms with Crippen LogP contribution in [-0.2, 0) is 0 Å². The Hall–Kier alpha value is -4.14. The fourth-order valence-corrected chi connectivity index (χ4v) is 2.46. The van der Waals surface area contributed by atoms with E-state index < -0.39 is 10.6 Å². The normalized spacial score (nSPS) is 10.3. The van der Waals surface area contributed by atoms with Gasteiger partial charge in [0.2, 0.25) is 0 Å². The highest BCUT2D eigenvalue weighted by molar-refractivity contribution is 5.76. The van der Waals surface area contributed by atoms with Gasteiger partial charge in [-0.15, -0.1) is 0 Å². The maximum atomic E-state index is 11.7. The lowest BCUT2D eigenvalue weighted by Gasteiger charge is -2.11. The van der Waals surface area contributed by atoms with Crippen molar-refractivity contribution < 1.29 is 24.0 Å². The number of aldehydes is 2. The predicted molar refractivity (Wildman–Crippen MR) is 102 cm³/mol. The van der Waals surface area contributed by atoms with Crippen molar-refractivity contribution in [3.05, 3.63) is 75.1 Å². The second-order valence-electron chi connectivity index (χ2n) is 6.08. The van der Waals surface area contributed by atoms with Crippen molar-refractivity contribution >= 4 is 18.3 Å². The lowest BCUT2D eigenvalue weighted by molar-refractivity contribution is -0.387. The van der Waals surface area contributed by atoms with Gasteiger partial charge in [-0.25, -0.2) is 0 Å². The van der Waals surface area contributed by atoms with Crippen LogP contribution in [-0.4, -0.2) is 27.5 Å². The van der Waals surface area contributed by atoms with Gasteiger partial charge in [0, 0.05) is 11.1 Å². The van der Waals surface area contributed by atoms with Gasteiger partial charge in [0.15, 0.2) is 0 Å². The van der Waals surface area contributed by atoms with Crippen molar-refractivity contribution in [2.45, 2.75) is 13.8 Å². The van der Waals surface area contributed by atoms with Crippen LogP contribution in [0.5, 0.6) is 23.3 Å². The van der Waals surface area contributed by atoms with E-state index in [1.807, 2.05) is 0 Å². The second kappa shape index (κ2) is 8.26. The fourth-order valence-electron chi connectivity index (χ4n) is 2.46. The topological polar surface area (TPSA) is 122 Å². The molecule has 0 aliphatic carbocycles. The molecule has 0 saturated carbocycles. The number of benzene rings is 2. The quantitative estimate of drug-likeness (QED) is 0.332. The molecule has 0 N–H and O–H groups in total. The molecule has 0 atom stereocenters. The van der Waals surface area contributed by atoms with Crippen molar-refractivity contribution in [1.29, 1.82) is 0 Å². The average Bonchev–Trinajstić information content (AvgIpc) is 2.71. The van der Waals surface area contributed by atoms with E-state index in [4.69, 9.17) is 9.47 Å². The third-order valence-electron chi connectivity index (χ3n) is 4.05. The van der Waals surface area contributed by atoms with Crippen molar-refractivity contribution in [3.8, 4) is 23.3 Å². The summed E-state index contributed by atoms with van der Waals surface area (Å²) in [5, 5.41) is 11.7. The first-order valence-electron chi connectivity index (χ1n) is 8.39. The molecule has 1 heterocycles. The van der Waals surface area contributed by atoms with Crippen LogP contribution in [0.25, 0.3) is 0 Å². The molecule has 0 radical (unpaired) electrons. The fraction of sp³-hybridized carbons (Fsp3) is 0.100. The molecule has 0 bridgehead atoms. The highest BCUT2D eigenvalue weighted by Gasteiger charge is 2.28. The Labute approximate surface area is 165 Å². The molecule has 0 saturated heterocycles. The van der Waals surface area contributed by atoms with Crippen LogP contribution in [0.4, 0.5) is 5.69 Å². The summed E-state index contributed by atoms with van der Waals surface area (Å²) in [4.78, 5) is 40.7. The number of carbonyl (C=O) groups excluding carboxylic acids is 2. The molecule has 3 rings (SSSR count). The molecular weight excluding hydrogens is 378 g/mol. The Bertz CT molecular complexity index is 1040. The smallest absolute Gasteiger partial charge is 0.393 e. The Balaban J connectivity index is 2.04. The molecule has 0 fully saturated rings. The van der Waals surface area contributed by atoms with Crippen molar-refractivity contribution in [3.63, 3.8) is 0 Å². The monoisotopic (exact) mass is 393 g/mol. The molecule has 29 heavy (non-hydrogen) atoms. The number of nitro groups is 1. The second-order valence-corrected chi connectivity index (χ2v) is 6.08. The van der Waals surface area contributed by atoms with Crippen LogP contribution in [0.2, 0.25) is 0 Å². The average molecular weight is 393 g/mol. The number of aryl methyl sites for hydroxylation is 2. The van der Waals surface area contributed by atoms with E-state index in [0.29, 0.717) is 34.8 Å². The van der Waals surface area contributed by atoms with E-state index >= 15 is 0 Å². The summed E-state index contributed by atoms with van der Waals surface area (Å²) < 4.78 is 11.2. The molecular formula is C20H15N3O6. The third-order valence-corrected chi connectivity index (χ3v) is 4.05. The number of nitrogens with zero attached hydrogens (tertiary/aromatic N) is 3. The standard InChI is InChI=1S/C20H15N3O6/c1-12-3-5-14(9-24)7-16(12)28-19-18(23(26)27)20(22-11-21-19)29-17-8-15(10-25)6-4-13(17)2/h3-11H,1-2H3. The highest BCUT2D eigenvalue weighted by Crippen LogP contribution is 2.39. The molecule has 9 heteroatoms. The van der Waals surface area contributed by atoms with Gasteiger partial charge in [-0.1, -0.05) is 24.3 Å². The number of hydrogen-bond acceptors (Lipinski definition) is 8. The molecule has 1 aromatic heterocycles. The molecule has 0 unspecified atom stereocenters. The van der Waals surface area contributed by atoms with Gasteiger partial charge in [-0.05, 0) is 37.1 Å². The van der Waals surface area contributed by atoms with Crippen LogP contribution in [0.1, 0.15) is 31.8 Å². The van der Waals surface area contributed by atoms with Gasteiger partial charge < -0.3 is 9.47 Å². The number of hydrogen-bond donors (Lipinski definition) is 0. The number of carbonyl (C=O) groups is 2. The minimum Gasteiger partial charge on any atom is -0.433 e. The zero-order valence-corrected chi connectivity index (χ0v) is 15.5. The molecule has 0 amide bonds. The summed E-state index contributed by atoms with van der Waals surface area (Å²) in [5.74, 6) is -0.200. The van der Waals surface area contributed by atoms with E-state index in [9.17, 15) is 19.7 Å². The SMILES string of the molecule is Cc1ccc(C=O)cc1Oc1ncnc(Oc2cc(C=O)ccc2C)c1[N+](=O)[O-]. The summed E-state index contributed by atoms with van der Waals surface area (Å²) in [6.45, 7) is 3.45. The molecule has 146 valence electrons. The van der Waals surface area contributed by atoms with Gasteiger partial charge in [0.05, 0.1) is 4.92 Å². The summed E-state index contributed by atoms with van der Waals surface area (Å²) in [6, 6.07) is 9.40. The van der Waals surface area contributed by atoms with Crippen LogP contribution in [0, 0.1) is 24.0 Å². The molecule has 9 nitrogen and oxygen atoms in total. The minimum atomic E-state index is -0.720. The molecule has 3 aromatic rings.